The second kappa shape index (κ2) is 58.7. The number of unbranched alkanes of at least 4 members (excludes halogenated alkanes) is 32. The van der Waals surface area contributed by atoms with Gasteiger partial charge in [0, 0.05) is 19.4 Å². The predicted octanol–water partition coefficient (Wildman–Crippen LogP) is 19.3. The van der Waals surface area contributed by atoms with Gasteiger partial charge in [-0.05, 0) is 70.6 Å². The van der Waals surface area contributed by atoms with Crippen molar-refractivity contribution in [1.82, 2.24) is 0 Å². The van der Waals surface area contributed by atoms with Crippen molar-refractivity contribution in [2.75, 3.05) is 26.4 Å². The molecule has 0 saturated heterocycles. The van der Waals surface area contributed by atoms with Gasteiger partial charge in [-0.3, -0.25) is 18.6 Å². The number of esters is 2. The largest absolute Gasteiger partial charge is 0.472 e. The Bertz CT molecular complexity index is 1420. The standard InChI is InChI=1S/C63H114NO8P/c1-3-5-7-9-11-13-15-17-18-19-20-21-22-23-24-25-26-27-28-29-30-31-32-33-34-35-36-37-38-39-40-41-42-44-45-47-49-51-53-55-62(65)69-59-61(60-71-73(67,68)70-58-57-64)72-63(66)56-54-52-50-48-46-43-16-14-12-10-8-6-4-2/h6,8,12,14-15,17,19-20,43,46,50,52,61H,3-5,7,9-11,13,16,18,21-42,44-45,47-49,51,53-60,64H2,1-2H3,(H,67,68)/b8-6-,14-12-,17-15-,20-19-,46-43-,52-50-. The van der Waals surface area contributed by atoms with E-state index in [0.29, 0.717) is 6.42 Å². The maximum Gasteiger partial charge on any atom is 0.472 e. The minimum Gasteiger partial charge on any atom is -0.462 e. The third kappa shape index (κ3) is 58.6. The van der Waals surface area contributed by atoms with Crippen LogP contribution in [0.25, 0.3) is 0 Å². The van der Waals surface area contributed by atoms with Crippen LogP contribution < -0.4 is 5.73 Å². The molecule has 2 unspecified atom stereocenters. The van der Waals surface area contributed by atoms with E-state index in [9.17, 15) is 19.0 Å². The van der Waals surface area contributed by atoms with Crippen LogP contribution in [0.4, 0.5) is 0 Å². The zero-order valence-electron chi connectivity index (χ0n) is 47.4. The third-order valence-corrected chi connectivity index (χ3v) is 14.1. The summed E-state index contributed by atoms with van der Waals surface area (Å²) in [6, 6.07) is 0. The molecule has 0 rings (SSSR count). The summed E-state index contributed by atoms with van der Waals surface area (Å²) in [5.74, 6) is -0.916. The maximum atomic E-state index is 12.6. The van der Waals surface area contributed by atoms with Crippen LogP contribution in [0.3, 0.4) is 0 Å². The van der Waals surface area contributed by atoms with E-state index in [4.69, 9.17) is 24.3 Å². The first-order chi connectivity index (χ1) is 35.8. The van der Waals surface area contributed by atoms with Crippen molar-refractivity contribution >= 4 is 19.8 Å². The van der Waals surface area contributed by atoms with Crippen LogP contribution in [0.15, 0.2) is 72.9 Å². The van der Waals surface area contributed by atoms with E-state index in [1.807, 2.05) is 12.2 Å². The van der Waals surface area contributed by atoms with Gasteiger partial charge in [0.05, 0.1) is 13.2 Å². The normalized spacial score (nSPS) is 13.5. The molecule has 0 aliphatic carbocycles. The van der Waals surface area contributed by atoms with Crippen molar-refractivity contribution in [3.8, 4) is 0 Å². The molecule has 10 heteroatoms. The van der Waals surface area contributed by atoms with Crippen molar-refractivity contribution in [2.24, 2.45) is 5.73 Å². The Balaban J connectivity index is 3.75. The molecule has 3 N–H and O–H groups in total. The molecule has 73 heavy (non-hydrogen) atoms. The third-order valence-electron chi connectivity index (χ3n) is 13.1. The van der Waals surface area contributed by atoms with Gasteiger partial charge in [-0.2, -0.15) is 0 Å². The van der Waals surface area contributed by atoms with Crippen molar-refractivity contribution in [3.05, 3.63) is 72.9 Å². The number of hydrogen-bond donors (Lipinski definition) is 2. The first kappa shape index (κ1) is 70.5. The van der Waals surface area contributed by atoms with E-state index in [2.05, 4.69) is 74.6 Å². The number of carbonyl (C=O) groups excluding carboxylic acids is 2. The zero-order chi connectivity index (χ0) is 53.1. The molecule has 0 aromatic carbocycles. The SMILES string of the molecule is CC/C=C\C/C=C\C/C=C\C/C=C\CCC(=O)OC(COC(=O)CCCCCCCCCCCCCCCCCCCCCCCCCCCCC/C=C\C/C=C\CCCCCCC)COP(=O)(O)OCCN. The van der Waals surface area contributed by atoms with Gasteiger partial charge in [0.25, 0.3) is 0 Å². The van der Waals surface area contributed by atoms with Crippen LogP contribution in [0.2, 0.25) is 0 Å². The number of nitrogens with two attached hydrogens (primary N) is 1. The molecule has 424 valence electrons. The van der Waals surface area contributed by atoms with E-state index in [-0.39, 0.29) is 32.6 Å². The Kier molecular flexibility index (Phi) is 56.7. The topological polar surface area (TPSA) is 134 Å². The average molecular weight is 1040 g/mol. The highest BCUT2D eigenvalue weighted by Crippen LogP contribution is 2.43. The fraction of sp³-hybridized carbons (Fsp3) is 0.778. The monoisotopic (exact) mass is 1040 g/mol. The lowest BCUT2D eigenvalue weighted by atomic mass is 10.0. The number of rotatable bonds is 57. The number of hydrogen-bond acceptors (Lipinski definition) is 8. The van der Waals surface area contributed by atoms with Gasteiger partial charge >= 0.3 is 19.8 Å². The number of ether oxygens (including phenoxy) is 2. The predicted molar refractivity (Wildman–Crippen MR) is 312 cm³/mol. The lowest BCUT2D eigenvalue weighted by molar-refractivity contribution is -0.161. The van der Waals surface area contributed by atoms with Gasteiger partial charge in [0.15, 0.2) is 6.10 Å². The summed E-state index contributed by atoms with van der Waals surface area (Å²) in [5, 5.41) is 0. The summed E-state index contributed by atoms with van der Waals surface area (Å²) in [7, 11) is -4.40. The summed E-state index contributed by atoms with van der Waals surface area (Å²) < 4.78 is 32.8. The molecule has 0 aromatic rings. The number of phosphoric ester groups is 1. The summed E-state index contributed by atoms with van der Waals surface area (Å²) in [6.07, 6.45) is 76.1. The maximum absolute atomic E-state index is 12.6. The molecule has 0 aromatic heterocycles. The Hall–Kier alpha value is -2.55. The van der Waals surface area contributed by atoms with Gasteiger partial charge in [-0.25, -0.2) is 4.57 Å². The molecular weight excluding hydrogens is 930 g/mol. The van der Waals surface area contributed by atoms with E-state index in [0.717, 1.165) is 51.4 Å². The Labute approximate surface area is 450 Å². The molecule has 0 saturated carbocycles. The fourth-order valence-electron chi connectivity index (χ4n) is 8.62. The molecular formula is C63H114NO8P. The minimum absolute atomic E-state index is 0.0416. The van der Waals surface area contributed by atoms with Crippen LogP contribution in [0.1, 0.15) is 284 Å². The molecule has 2 atom stereocenters. The van der Waals surface area contributed by atoms with E-state index >= 15 is 0 Å². The average Bonchev–Trinajstić information content (AvgIpc) is 3.38. The Morgan fingerprint density at radius 1 is 0.425 bits per heavy atom. The van der Waals surface area contributed by atoms with E-state index in [1.54, 1.807) is 0 Å². The second-order valence-corrected chi connectivity index (χ2v) is 21.6. The summed E-state index contributed by atoms with van der Waals surface area (Å²) in [6.45, 7) is 3.54. The number of allylic oxidation sites excluding steroid dienone is 12. The van der Waals surface area contributed by atoms with Gasteiger partial charge < -0.3 is 20.1 Å². The molecule has 0 aliphatic rings. The number of phosphoric acid groups is 1. The summed E-state index contributed by atoms with van der Waals surface area (Å²) in [5.41, 5.74) is 5.36. The molecule has 9 nitrogen and oxygen atoms in total. The van der Waals surface area contributed by atoms with Crippen LogP contribution in [-0.4, -0.2) is 49.3 Å². The van der Waals surface area contributed by atoms with E-state index < -0.39 is 32.5 Å². The van der Waals surface area contributed by atoms with Gasteiger partial charge in [0.1, 0.15) is 6.61 Å². The fourth-order valence-corrected chi connectivity index (χ4v) is 9.39. The molecule has 0 heterocycles. The minimum atomic E-state index is -4.40. The molecule has 0 amide bonds. The highest BCUT2D eigenvalue weighted by atomic mass is 31.2. The molecule has 0 aliphatic heterocycles. The van der Waals surface area contributed by atoms with E-state index in [1.165, 1.54) is 199 Å². The van der Waals surface area contributed by atoms with Crippen LogP contribution in [-0.2, 0) is 32.7 Å². The molecule has 0 spiro atoms. The quantitative estimate of drug-likeness (QED) is 0.0264. The van der Waals surface area contributed by atoms with Crippen LogP contribution >= 0.6 is 7.82 Å². The lowest BCUT2D eigenvalue weighted by Gasteiger charge is -2.19. The Morgan fingerprint density at radius 2 is 0.781 bits per heavy atom. The first-order valence-electron chi connectivity index (χ1n) is 30.4. The van der Waals surface area contributed by atoms with Crippen LogP contribution in [0, 0.1) is 0 Å². The van der Waals surface area contributed by atoms with Gasteiger partial charge in [-0.15, -0.1) is 0 Å². The van der Waals surface area contributed by atoms with Crippen molar-refractivity contribution in [1.29, 1.82) is 0 Å². The van der Waals surface area contributed by atoms with Gasteiger partial charge in [0.2, 0.25) is 0 Å². The molecule has 0 radical (unpaired) electrons. The van der Waals surface area contributed by atoms with Gasteiger partial charge in [-0.1, -0.05) is 273 Å². The Morgan fingerprint density at radius 3 is 1.18 bits per heavy atom. The smallest absolute Gasteiger partial charge is 0.462 e. The highest BCUT2D eigenvalue weighted by Gasteiger charge is 2.26. The highest BCUT2D eigenvalue weighted by molar-refractivity contribution is 7.47. The molecule has 0 fully saturated rings. The summed E-state index contributed by atoms with van der Waals surface area (Å²) in [4.78, 5) is 35.0. The van der Waals surface area contributed by atoms with Crippen molar-refractivity contribution in [3.63, 3.8) is 0 Å². The van der Waals surface area contributed by atoms with Crippen molar-refractivity contribution < 1.29 is 37.6 Å². The van der Waals surface area contributed by atoms with Crippen molar-refractivity contribution in [2.45, 2.75) is 290 Å². The second-order valence-electron chi connectivity index (χ2n) is 20.2. The van der Waals surface area contributed by atoms with Crippen LogP contribution in [0.5, 0.6) is 0 Å². The summed E-state index contributed by atoms with van der Waals surface area (Å²) >= 11 is 0. The lowest BCUT2D eigenvalue weighted by Crippen LogP contribution is -2.29. The first-order valence-corrected chi connectivity index (χ1v) is 31.9. The zero-order valence-corrected chi connectivity index (χ0v) is 48.3. The number of carbonyl (C=O) groups is 2. The molecule has 0 bridgehead atoms.